The van der Waals surface area contributed by atoms with Crippen LogP contribution >= 0.6 is 0 Å². The van der Waals surface area contributed by atoms with Crippen LogP contribution in [-0.2, 0) is 25.1 Å². The summed E-state index contributed by atoms with van der Waals surface area (Å²) in [4.78, 5) is 18.1. The van der Waals surface area contributed by atoms with E-state index in [2.05, 4.69) is 4.90 Å². The van der Waals surface area contributed by atoms with Gasteiger partial charge in [-0.3, -0.25) is 9.48 Å². The van der Waals surface area contributed by atoms with Crippen molar-refractivity contribution in [1.82, 2.24) is 19.6 Å². The summed E-state index contributed by atoms with van der Waals surface area (Å²) in [6, 6.07) is 7.22. The topological polar surface area (TPSA) is 94.0 Å². The number of benzene rings is 1. The van der Waals surface area contributed by atoms with Crippen molar-refractivity contribution in [3.8, 4) is 11.3 Å². The predicted molar refractivity (Wildman–Crippen MR) is 129 cm³/mol. The summed E-state index contributed by atoms with van der Waals surface area (Å²) in [6.45, 7) is 6.50. The highest BCUT2D eigenvalue weighted by atomic mass is 32.2. The number of hydrogen-bond acceptors (Lipinski definition) is 7. The number of nitrogens with zero attached hydrogens (tertiary/aromatic N) is 4. The predicted octanol–water partition coefficient (Wildman–Crippen LogP) is 1.98. The molecule has 3 saturated heterocycles. The second kappa shape index (κ2) is 9.31. The molecule has 5 heterocycles. The van der Waals surface area contributed by atoms with Crippen LogP contribution in [0, 0.1) is 5.92 Å². The average molecular weight is 501 g/mol. The molecule has 4 aliphatic heterocycles. The highest BCUT2D eigenvalue weighted by Gasteiger charge is 2.39. The maximum Gasteiger partial charge on any atom is 0.274 e. The third kappa shape index (κ3) is 4.30. The number of fused-ring (bicyclic) bond motifs is 3. The molecule has 0 spiro atoms. The van der Waals surface area contributed by atoms with Crippen LogP contribution < -0.4 is 0 Å². The summed E-state index contributed by atoms with van der Waals surface area (Å²) < 4.78 is 39.4. The van der Waals surface area contributed by atoms with Crippen LogP contribution in [0.4, 0.5) is 0 Å². The molecule has 2 aromatic rings. The van der Waals surface area contributed by atoms with Gasteiger partial charge in [-0.15, -0.1) is 0 Å². The number of ether oxygens (including phenoxy) is 2. The molecule has 4 aliphatic rings. The Labute approximate surface area is 205 Å². The zero-order valence-corrected chi connectivity index (χ0v) is 20.7. The van der Waals surface area contributed by atoms with E-state index in [1.165, 1.54) is 0 Å². The van der Waals surface area contributed by atoms with Gasteiger partial charge < -0.3 is 19.3 Å². The number of amides is 1. The molecule has 1 aromatic carbocycles. The lowest BCUT2D eigenvalue weighted by Crippen LogP contribution is -2.41. The van der Waals surface area contributed by atoms with Gasteiger partial charge in [0.05, 0.1) is 42.2 Å². The van der Waals surface area contributed by atoms with Crippen LogP contribution in [0.2, 0.25) is 0 Å². The van der Waals surface area contributed by atoms with Crippen molar-refractivity contribution >= 4 is 15.7 Å². The van der Waals surface area contributed by atoms with Gasteiger partial charge in [-0.1, -0.05) is 18.2 Å². The SMILES string of the molecule is O=C(c1nn(C2CCCN(CC3CCOC3)C2)c2c1CS(=O)(=O)c1ccccc1-2)N1CCOCC1. The second-order valence-corrected chi connectivity index (χ2v) is 12.0. The molecule has 2 atom stereocenters. The number of likely N-dealkylation sites (tertiary alicyclic amines) is 1. The largest absolute Gasteiger partial charge is 0.381 e. The van der Waals surface area contributed by atoms with Crippen molar-refractivity contribution < 1.29 is 22.7 Å². The van der Waals surface area contributed by atoms with Crippen molar-refractivity contribution in [1.29, 1.82) is 0 Å². The van der Waals surface area contributed by atoms with E-state index in [9.17, 15) is 13.2 Å². The minimum absolute atomic E-state index is 0.0833. The van der Waals surface area contributed by atoms with Crippen LogP contribution in [0.25, 0.3) is 11.3 Å². The van der Waals surface area contributed by atoms with Crippen LogP contribution in [-0.4, -0.2) is 93.1 Å². The van der Waals surface area contributed by atoms with Crippen molar-refractivity contribution in [2.75, 3.05) is 59.2 Å². The third-order valence-electron chi connectivity index (χ3n) is 7.69. The molecule has 3 fully saturated rings. The molecule has 0 aliphatic carbocycles. The fourth-order valence-electron chi connectivity index (χ4n) is 5.93. The van der Waals surface area contributed by atoms with E-state index in [0.29, 0.717) is 48.2 Å². The van der Waals surface area contributed by atoms with E-state index in [-0.39, 0.29) is 23.4 Å². The molecule has 0 N–H and O–H groups in total. The molecule has 0 saturated carbocycles. The summed E-state index contributed by atoms with van der Waals surface area (Å²) in [5.41, 5.74) is 2.27. The maximum absolute atomic E-state index is 13.6. The number of aromatic nitrogens is 2. The van der Waals surface area contributed by atoms with Crippen LogP contribution in [0.1, 0.15) is 41.4 Å². The first-order chi connectivity index (χ1) is 17.0. The Balaban J connectivity index is 1.40. The fraction of sp³-hybridized carbons (Fsp3) is 0.600. The molecule has 10 heteroatoms. The van der Waals surface area contributed by atoms with E-state index >= 15 is 0 Å². The molecule has 1 aromatic heterocycles. The van der Waals surface area contributed by atoms with Crippen LogP contribution in [0.5, 0.6) is 0 Å². The van der Waals surface area contributed by atoms with Gasteiger partial charge >= 0.3 is 0 Å². The standard InChI is InChI=1S/C25H32N4O5S/c30-25(28-9-12-33-13-10-28)23-21-17-35(31,32)22-6-2-1-5-20(22)24(21)29(26-23)19-4-3-8-27(15-19)14-18-7-11-34-16-18/h1-2,5-6,18-19H,3-4,7-17H2. The lowest BCUT2D eigenvalue weighted by Gasteiger charge is -2.35. The molecule has 188 valence electrons. The highest BCUT2D eigenvalue weighted by molar-refractivity contribution is 7.90. The van der Waals surface area contributed by atoms with Crippen LogP contribution in [0.3, 0.4) is 0 Å². The van der Waals surface area contributed by atoms with E-state index in [4.69, 9.17) is 14.6 Å². The van der Waals surface area contributed by atoms with E-state index < -0.39 is 9.84 Å². The normalized spacial score (nSPS) is 26.3. The Morgan fingerprint density at radius 2 is 1.89 bits per heavy atom. The van der Waals surface area contributed by atoms with E-state index in [1.54, 1.807) is 17.0 Å². The molecule has 6 rings (SSSR count). The van der Waals surface area contributed by atoms with Gasteiger partial charge in [-0.25, -0.2) is 8.42 Å². The number of morpholine rings is 1. The maximum atomic E-state index is 13.6. The Bertz CT molecular complexity index is 1210. The number of hydrogen-bond donors (Lipinski definition) is 0. The second-order valence-electron chi connectivity index (χ2n) is 10.1. The number of sulfone groups is 1. The Morgan fingerprint density at radius 1 is 1.06 bits per heavy atom. The quantitative estimate of drug-likeness (QED) is 0.634. The van der Waals surface area contributed by atoms with E-state index in [0.717, 1.165) is 57.8 Å². The van der Waals surface area contributed by atoms with Gasteiger partial charge in [0.15, 0.2) is 15.5 Å². The average Bonchev–Trinajstić information content (AvgIpc) is 3.52. The molecule has 1 amide bonds. The Morgan fingerprint density at radius 3 is 2.69 bits per heavy atom. The van der Waals surface area contributed by atoms with Crippen molar-refractivity contribution in [3.63, 3.8) is 0 Å². The first-order valence-electron chi connectivity index (χ1n) is 12.6. The smallest absolute Gasteiger partial charge is 0.274 e. The number of carbonyl (C=O) groups is 1. The number of carbonyl (C=O) groups excluding carboxylic acids is 1. The summed E-state index contributed by atoms with van der Waals surface area (Å²) in [5.74, 6) is 0.166. The number of piperidine rings is 1. The summed E-state index contributed by atoms with van der Waals surface area (Å²) in [7, 11) is -3.56. The molecule has 0 radical (unpaired) electrons. The van der Waals surface area contributed by atoms with Crippen molar-refractivity contribution in [3.05, 3.63) is 35.5 Å². The van der Waals surface area contributed by atoms with Gasteiger partial charge in [-0.2, -0.15) is 5.10 Å². The van der Waals surface area contributed by atoms with Crippen molar-refractivity contribution in [2.45, 2.75) is 36.0 Å². The summed E-state index contributed by atoms with van der Waals surface area (Å²) in [5, 5.41) is 4.89. The van der Waals surface area contributed by atoms with Crippen molar-refractivity contribution in [2.24, 2.45) is 5.92 Å². The van der Waals surface area contributed by atoms with Crippen LogP contribution in [0.15, 0.2) is 29.2 Å². The summed E-state index contributed by atoms with van der Waals surface area (Å²) in [6.07, 6.45) is 3.09. The molecular weight excluding hydrogens is 468 g/mol. The van der Waals surface area contributed by atoms with Gasteiger partial charge in [0.25, 0.3) is 5.91 Å². The first kappa shape index (κ1) is 23.1. The zero-order chi connectivity index (χ0) is 24.0. The molecule has 9 nitrogen and oxygen atoms in total. The highest BCUT2D eigenvalue weighted by Crippen LogP contribution is 2.42. The number of rotatable bonds is 4. The zero-order valence-electron chi connectivity index (χ0n) is 19.9. The monoisotopic (exact) mass is 500 g/mol. The lowest BCUT2D eigenvalue weighted by molar-refractivity contribution is 0.0297. The third-order valence-corrected chi connectivity index (χ3v) is 9.38. The summed E-state index contributed by atoms with van der Waals surface area (Å²) >= 11 is 0. The Hall–Kier alpha value is -2.27. The van der Waals surface area contributed by atoms with Gasteiger partial charge in [0, 0.05) is 43.9 Å². The lowest BCUT2D eigenvalue weighted by atomic mass is 10.0. The minimum Gasteiger partial charge on any atom is -0.381 e. The minimum atomic E-state index is -3.56. The van der Waals surface area contributed by atoms with Gasteiger partial charge in [0.1, 0.15) is 0 Å². The fourth-order valence-corrected chi connectivity index (χ4v) is 7.53. The van der Waals surface area contributed by atoms with Gasteiger partial charge in [0.2, 0.25) is 0 Å². The first-order valence-corrected chi connectivity index (χ1v) is 14.3. The Kier molecular flexibility index (Phi) is 6.16. The molecule has 2 unspecified atom stereocenters. The molecule has 0 bridgehead atoms. The van der Waals surface area contributed by atoms with E-state index in [1.807, 2.05) is 16.8 Å². The molecule has 35 heavy (non-hydrogen) atoms. The molecular formula is C25H32N4O5S. The van der Waals surface area contributed by atoms with Gasteiger partial charge in [-0.05, 0) is 37.8 Å².